The summed E-state index contributed by atoms with van der Waals surface area (Å²) in [5.41, 5.74) is 6.47. The third-order valence-electron chi connectivity index (χ3n) is 3.76. The van der Waals surface area contributed by atoms with E-state index in [4.69, 9.17) is 5.73 Å². The maximum absolute atomic E-state index is 13.2. The van der Waals surface area contributed by atoms with Crippen molar-refractivity contribution in [2.75, 3.05) is 5.32 Å². The number of benzene rings is 2. The zero-order valence-electron chi connectivity index (χ0n) is 14.6. The van der Waals surface area contributed by atoms with E-state index >= 15 is 0 Å². The highest BCUT2D eigenvalue weighted by Gasteiger charge is 2.24. The van der Waals surface area contributed by atoms with Gasteiger partial charge in [0.2, 0.25) is 11.9 Å². The van der Waals surface area contributed by atoms with Gasteiger partial charge in [-0.1, -0.05) is 30.3 Å². The molecule has 0 unspecified atom stereocenters. The van der Waals surface area contributed by atoms with E-state index in [-0.39, 0.29) is 17.7 Å². The van der Waals surface area contributed by atoms with Gasteiger partial charge in [-0.3, -0.25) is 10.1 Å². The maximum Gasteiger partial charge on any atom is 0.249 e. The smallest absolute Gasteiger partial charge is 0.249 e. The van der Waals surface area contributed by atoms with Gasteiger partial charge in [-0.15, -0.1) is 5.10 Å². The Morgan fingerprint density at radius 3 is 2.42 bits per heavy atom. The molecule has 0 fully saturated rings. The van der Waals surface area contributed by atoms with Crippen molar-refractivity contribution in [3.8, 4) is 11.4 Å². The Morgan fingerprint density at radius 1 is 1.15 bits per heavy atom. The number of nitrogens with two attached hydrogens (primary N) is 1. The van der Waals surface area contributed by atoms with E-state index in [1.54, 1.807) is 30.7 Å². The quantitative estimate of drug-likeness (QED) is 0.738. The summed E-state index contributed by atoms with van der Waals surface area (Å²) in [5.74, 6) is -0.0379. The summed E-state index contributed by atoms with van der Waals surface area (Å²) >= 11 is 0. The summed E-state index contributed by atoms with van der Waals surface area (Å²) in [5, 5.41) is 7.01. The van der Waals surface area contributed by atoms with Gasteiger partial charge in [-0.25, -0.2) is 9.07 Å². The molecular formula is C19H20FN5O. The molecule has 7 heteroatoms. The Kier molecular flexibility index (Phi) is 4.81. The molecule has 1 heterocycles. The summed E-state index contributed by atoms with van der Waals surface area (Å²) in [7, 11) is 0. The van der Waals surface area contributed by atoms with Crippen LogP contribution in [0.15, 0.2) is 54.6 Å². The van der Waals surface area contributed by atoms with Gasteiger partial charge < -0.3 is 5.73 Å². The molecule has 3 rings (SSSR count). The second-order valence-corrected chi connectivity index (χ2v) is 6.58. The lowest BCUT2D eigenvalue weighted by Gasteiger charge is -2.15. The first-order valence-electron chi connectivity index (χ1n) is 8.18. The van der Waals surface area contributed by atoms with Crippen molar-refractivity contribution < 1.29 is 9.18 Å². The Morgan fingerprint density at radius 2 is 1.81 bits per heavy atom. The standard InChI is InChI=1S/C19H20FN5O/c1-19(2,21)17(26)23-18-22-16(14-8-10-15(20)11-9-14)25(24-18)12-13-6-4-3-5-7-13/h3-11H,12,21H2,1-2H3,(H,23,24,26). The molecule has 134 valence electrons. The highest BCUT2D eigenvalue weighted by Crippen LogP contribution is 2.21. The first-order chi connectivity index (χ1) is 12.3. The zero-order valence-corrected chi connectivity index (χ0v) is 14.6. The summed E-state index contributed by atoms with van der Waals surface area (Å²) < 4.78 is 14.9. The van der Waals surface area contributed by atoms with E-state index in [0.29, 0.717) is 17.9 Å². The normalized spacial score (nSPS) is 11.4. The summed E-state index contributed by atoms with van der Waals surface area (Å²) in [6.45, 7) is 3.66. The predicted octanol–water partition coefficient (Wildman–Crippen LogP) is 2.81. The second kappa shape index (κ2) is 7.05. The molecule has 0 aliphatic rings. The number of amides is 1. The molecule has 1 aromatic heterocycles. The number of carbonyl (C=O) groups is 1. The number of nitrogens with one attached hydrogen (secondary N) is 1. The molecule has 0 saturated carbocycles. The first-order valence-corrected chi connectivity index (χ1v) is 8.18. The van der Waals surface area contributed by atoms with Crippen LogP contribution in [0.1, 0.15) is 19.4 Å². The van der Waals surface area contributed by atoms with Crippen LogP contribution in [0.4, 0.5) is 10.3 Å². The molecule has 3 aromatic rings. The molecule has 26 heavy (non-hydrogen) atoms. The predicted molar refractivity (Wildman–Crippen MR) is 97.9 cm³/mol. The molecule has 0 aliphatic carbocycles. The molecule has 0 saturated heterocycles. The van der Waals surface area contributed by atoms with E-state index in [0.717, 1.165) is 5.56 Å². The lowest BCUT2D eigenvalue weighted by atomic mass is 10.1. The third-order valence-corrected chi connectivity index (χ3v) is 3.76. The van der Waals surface area contributed by atoms with Gasteiger partial charge in [0.25, 0.3) is 0 Å². The highest BCUT2D eigenvalue weighted by molar-refractivity contribution is 5.96. The number of halogens is 1. The molecule has 0 aliphatic heterocycles. The zero-order chi connectivity index (χ0) is 18.7. The van der Waals surface area contributed by atoms with Gasteiger partial charge in [0.05, 0.1) is 12.1 Å². The molecule has 0 bridgehead atoms. The van der Waals surface area contributed by atoms with Crippen molar-refractivity contribution in [2.24, 2.45) is 5.73 Å². The lowest BCUT2D eigenvalue weighted by molar-refractivity contribution is -0.120. The highest BCUT2D eigenvalue weighted by atomic mass is 19.1. The van der Waals surface area contributed by atoms with Crippen molar-refractivity contribution >= 4 is 11.9 Å². The lowest BCUT2D eigenvalue weighted by Crippen LogP contribution is -2.45. The van der Waals surface area contributed by atoms with E-state index < -0.39 is 5.54 Å². The fraction of sp³-hybridized carbons (Fsp3) is 0.211. The van der Waals surface area contributed by atoms with Crippen LogP contribution in [0, 0.1) is 5.82 Å². The summed E-state index contributed by atoms with van der Waals surface area (Å²) in [6, 6.07) is 15.7. The van der Waals surface area contributed by atoms with Gasteiger partial charge in [-0.05, 0) is 43.7 Å². The van der Waals surface area contributed by atoms with Crippen molar-refractivity contribution in [3.63, 3.8) is 0 Å². The molecule has 0 spiro atoms. The van der Waals surface area contributed by atoms with Crippen molar-refractivity contribution in [2.45, 2.75) is 25.9 Å². The number of rotatable bonds is 5. The number of aromatic nitrogens is 3. The molecule has 2 aromatic carbocycles. The van der Waals surface area contributed by atoms with Crippen LogP contribution in [0.25, 0.3) is 11.4 Å². The van der Waals surface area contributed by atoms with E-state index in [2.05, 4.69) is 15.4 Å². The number of nitrogens with zero attached hydrogens (tertiary/aromatic N) is 3. The minimum atomic E-state index is -1.05. The maximum atomic E-state index is 13.2. The fourth-order valence-electron chi connectivity index (χ4n) is 2.34. The van der Waals surface area contributed by atoms with Crippen LogP contribution in [0.5, 0.6) is 0 Å². The Bertz CT molecular complexity index is 898. The van der Waals surface area contributed by atoms with Crippen LogP contribution < -0.4 is 11.1 Å². The molecule has 3 N–H and O–H groups in total. The fourth-order valence-corrected chi connectivity index (χ4v) is 2.34. The summed E-state index contributed by atoms with van der Waals surface area (Å²) in [6.07, 6.45) is 0. The first kappa shape index (κ1) is 17.8. The van der Waals surface area contributed by atoms with Gasteiger partial charge in [0.15, 0.2) is 5.82 Å². The minimum absolute atomic E-state index is 0.156. The van der Waals surface area contributed by atoms with Crippen LogP contribution >= 0.6 is 0 Å². The van der Waals surface area contributed by atoms with Crippen LogP contribution in [-0.2, 0) is 11.3 Å². The molecule has 1 amide bonds. The average Bonchev–Trinajstić information content (AvgIpc) is 2.98. The van der Waals surface area contributed by atoms with Crippen molar-refractivity contribution in [1.29, 1.82) is 0 Å². The SMILES string of the molecule is CC(C)(N)C(=O)Nc1nc(-c2ccc(F)cc2)n(Cc2ccccc2)n1. The van der Waals surface area contributed by atoms with Crippen LogP contribution in [0.3, 0.4) is 0 Å². The van der Waals surface area contributed by atoms with Crippen LogP contribution in [-0.4, -0.2) is 26.2 Å². The van der Waals surface area contributed by atoms with E-state index in [1.165, 1.54) is 12.1 Å². The minimum Gasteiger partial charge on any atom is -0.318 e. The monoisotopic (exact) mass is 353 g/mol. The van der Waals surface area contributed by atoms with Gasteiger partial charge in [0.1, 0.15) is 5.82 Å². The van der Waals surface area contributed by atoms with Crippen molar-refractivity contribution in [1.82, 2.24) is 14.8 Å². The van der Waals surface area contributed by atoms with Crippen LogP contribution in [0.2, 0.25) is 0 Å². The van der Waals surface area contributed by atoms with Gasteiger partial charge in [-0.2, -0.15) is 4.98 Å². The van der Waals surface area contributed by atoms with Gasteiger partial charge >= 0.3 is 0 Å². The molecule has 0 radical (unpaired) electrons. The average molecular weight is 353 g/mol. The van der Waals surface area contributed by atoms with Crippen molar-refractivity contribution in [3.05, 3.63) is 66.0 Å². The van der Waals surface area contributed by atoms with Gasteiger partial charge in [0, 0.05) is 5.56 Å². The molecule has 0 atom stereocenters. The largest absolute Gasteiger partial charge is 0.318 e. The number of hydrogen-bond donors (Lipinski definition) is 2. The number of anilines is 1. The Balaban J connectivity index is 1.97. The third kappa shape index (κ3) is 4.12. The summed E-state index contributed by atoms with van der Waals surface area (Å²) in [4.78, 5) is 16.5. The van der Waals surface area contributed by atoms with E-state index in [9.17, 15) is 9.18 Å². The Hall–Kier alpha value is -3.06. The number of carbonyl (C=O) groups excluding carboxylic acids is 1. The number of hydrogen-bond acceptors (Lipinski definition) is 4. The van der Waals surface area contributed by atoms with E-state index in [1.807, 2.05) is 30.3 Å². The Labute approximate surface area is 150 Å². The topological polar surface area (TPSA) is 85.8 Å². The molecular weight excluding hydrogens is 333 g/mol. The second-order valence-electron chi connectivity index (χ2n) is 6.58. The molecule has 6 nitrogen and oxygen atoms in total.